The molecule has 144 valence electrons. The van der Waals surface area contributed by atoms with Gasteiger partial charge < -0.3 is 9.47 Å². The lowest BCUT2D eigenvalue weighted by Crippen LogP contribution is -2.02. The molecular formula is C23H21FINO2. The summed E-state index contributed by atoms with van der Waals surface area (Å²) in [6, 6.07) is 18.3. The Balaban J connectivity index is 1.81. The molecule has 0 bridgehead atoms. The largest absolute Gasteiger partial charge is 0.490 e. The summed E-state index contributed by atoms with van der Waals surface area (Å²) in [4.78, 5) is 4.53. The molecule has 0 aliphatic rings. The number of nitrogens with zero attached hydrogens (tertiary/aromatic N) is 1. The zero-order valence-corrected chi connectivity index (χ0v) is 17.9. The molecule has 0 unspecified atom stereocenters. The Kier molecular flexibility index (Phi) is 7.03. The van der Waals surface area contributed by atoms with Gasteiger partial charge in [0.15, 0.2) is 11.5 Å². The van der Waals surface area contributed by atoms with E-state index in [1.54, 1.807) is 6.07 Å². The van der Waals surface area contributed by atoms with Gasteiger partial charge in [0.25, 0.3) is 0 Å². The van der Waals surface area contributed by atoms with Crippen molar-refractivity contribution < 1.29 is 13.9 Å². The molecule has 0 radical (unpaired) electrons. The molecule has 0 fully saturated rings. The number of aryl methyl sites for hydroxylation is 1. The lowest BCUT2D eigenvalue weighted by molar-refractivity contribution is 0.267. The predicted octanol–water partition coefficient (Wildman–Crippen LogP) is 6.47. The van der Waals surface area contributed by atoms with Crippen LogP contribution in [0.25, 0.3) is 0 Å². The molecule has 0 aromatic heterocycles. The Morgan fingerprint density at radius 1 is 1.04 bits per heavy atom. The van der Waals surface area contributed by atoms with Gasteiger partial charge in [-0.1, -0.05) is 29.8 Å². The van der Waals surface area contributed by atoms with Gasteiger partial charge in [-0.25, -0.2) is 4.39 Å². The van der Waals surface area contributed by atoms with Crippen LogP contribution in [0, 0.1) is 16.3 Å². The Bertz CT molecular complexity index is 971. The smallest absolute Gasteiger partial charge is 0.175 e. The van der Waals surface area contributed by atoms with Crippen LogP contribution in [0.4, 0.5) is 10.1 Å². The van der Waals surface area contributed by atoms with E-state index >= 15 is 0 Å². The maximum Gasteiger partial charge on any atom is 0.175 e. The van der Waals surface area contributed by atoms with Crippen molar-refractivity contribution in [2.75, 3.05) is 6.61 Å². The van der Waals surface area contributed by atoms with Gasteiger partial charge in [0.05, 0.1) is 15.9 Å². The third-order valence-electron chi connectivity index (χ3n) is 4.00. The van der Waals surface area contributed by atoms with Crippen molar-refractivity contribution in [2.45, 2.75) is 20.5 Å². The van der Waals surface area contributed by atoms with E-state index in [1.807, 2.05) is 62.5 Å². The molecule has 0 heterocycles. The van der Waals surface area contributed by atoms with Crippen LogP contribution in [0.5, 0.6) is 11.5 Å². The monoisotopic (exact) mass is 489 g/mol. The minimum absolute atomic E-state index is 0.268. The van der Waals surface area contributed by atoms with Crippen LogP contribution >= 0.6 is 22.6 Å². The first-order valence-corrected chi connectivity index (χ1v) is 10.1. The summed E-state index contributed by atoms with van der Waals surface area (Å²) >= 11 is 2.22. The van der Waals surface area contributed by atoms with Crippen molar-refractivity contribution in [1.82, 2.24) is 0 Å². The van der Waals surface area contributed by atoms with E-state index in [9.17, 15) is 4.39 Å². The SMILES string of the molecule is CCOc1cc(C=Nc2ccc(C)cc2)cc(I)c1OCc1cccc(F)c1. The number of ether oxygens (including phenoxy) is 2. The van der Waals surface area contributed by atoms with Crippen molar-refractivity contribution in [1.29, 1.82) is 0 Å². The van der Waals surface area contributed by atoms with Crippen molar-refractivity contribution in [2.24, 2.45) is 4.99 Å². The first kappa shape index (κ1) is 20.3. The average Bonchev–Trinajstić information content (AvgIpc) is 2.67. The summed E-state index contributed by atoms with van der Waals surface area (Å²) in [5.41, 5.74) is 3.78. The molecule has 3 aromatic carbocycles. The molecule has 0 saturated heterocycles. The highest BCUT2D eigenvalue weighted by atomic mass is 127. The number of hydrogen-bond donors (Lipinski definition) is 0. The van der Waals surface area contributed by atoms with E-state index in [0.29, 0.717) is 18.1 Å². The Labute approximate surface area is 178 Å². The number of benzene rings is 3. The van der Waals surface area contributed by atoms with Gasteiger partial charge in [0, 0.05) is 6.21 Å². The zero-order valence-electron chi connectivity index (χ0n) is 15.8. The van der Waals surface area contributed by atoms with E-state index in [2.05, 4.69) is 27.6 Å². The highest BCUT2D eigenvalue weighted by molar-refractivity contribution is 14.1. The van der Waals surface area contributed by atoms with Crippen LogP contribution in [0.1, 0.15) is 23.6 Å². The molecule has 0 saturated carbocycles. The summed E-state index contributed by atoms with van der Waals surface area (Å²) in [5, 5.41) is 0. The molecule has 5 heteroatoms. The fourth-order valence-electron chi connectivity index (χ4n) is 2.63. The first-order chi connectivity index (χ1) is 13.5. The average molecular weight is 489 g/mol. The van der Waals surface area contributed by atoms with Crippen LogP contribution < -0.4 is 9.47 Å². The van der Waals surface area contributed by atoms with E-state index in [-0.39, 0.29) is 12.4 Å². The normalized spacial score (nSPS) is 11.0. The Morgan fingerprint density at radius 2 is 1.82 bits per heavy atom. The van der Waals surface area contributed by atoms with Gasteiger partial charge >= 0.3 is 0 Å². The molecule has 3 rings (SSSR count). The lowest BCUT2D eigenvalue weighted by atomic mass is 10.2. The molecular weight excluding hydrogens is 468 g/mol. The molecule has 0 aliphatic carbocycles. The van der Waals surface area contributed by atoms with Gasteiger partial charge in [-0.15, -0.1) is 0 Å². The predicted molar refractivity (Wildman–Crippen MR) is 119 cm³/mol. The summed E-state index contributed by atoms with van der Waals surface area (Å²) in [7, 11) is 0. The van der Waals surface area contributed by atoms with Gasteiger partial charge in [0.1, 0.15) is 12.4 Å². The van der Waals surface area contributed by atoms with Crippen molar-refractivity contribution >= 4 is 34.5 Å². The fraction of sp³-hybridized carbons (Fsp3) is 0.174. The third-order valence-corrected chi connectivity index (χ3v) is 4.80. The molecule has 0 atom stereocenters. The molecule has 3 nitrogen and oxygen atoms in total. The van der Waals surface area contributed by atoms with Crippen molar-refractivity contribution in [3.8, 4) is 11.5 Å². The second kappa shape index (κ2) is 9.68. The summed E-state index contributed by atoms with van der Waals surface area (Å²) in [6.07, 6.45) is 1.81. The number of halogens is 2. The lowest BCUT2D eigenvalue weighted by Gasteiger charge is -2.15. The highest BCUT2D eigenvalue weighted by Gasteiger charge is 2.12. The van der Waals surface area contributed by atoms with Gasteiger partial charge in [-0.3, -0.25) is 4.99 Å². The Morgan fingerprint density at radius 3 is 2.54 bits per heavy atom. The van der Waals surface area contributed by atoms with Crippen LogP contribution in [-0.4, -0.2) is 12.8 Å². The molecule has 0 aliphatic heterocycles. The molecule has 3 aromatic rings. The fourth-order valence-corrected chi connectivity index (χ4v) is 3.41. The van der Waals surface area contributed by atoms with E-state index in [1.165, 1.54) is 17.7 Å². The van der Waals surface area contributed by atoms with Gasteiger partial charge in [0.2, 0.25) is 0 Å². The summed E-state index contributed by atoms with van der Waals surface area (Å²) in [5.74, 6) is 1.03. The standard InChI is InChI=1S/C23H21FINO2/c1-3-27-22-13-18(14-26-20-9-7-16(2)8-10-20)12-21(25)23(22)28-15-17-5-4-6-19(24)11-17/h4-14H,3,15H2,1-2H3. The zero-order chi connectivity index (χ0) is 19.9. The van der Waals surface area contributed by atoms with E-state index in [0.717, 1.165) is 20.4 Å². The highest BCUT2D eigenvalue weighted by Crippen LogP contribution is 2.34. The van der Waals surface area contributed by atoms with Crippen LogP contribution in [-0.2, 0) is 6.61 Å². The maximum absolute atomic E-state index is 13.4. The topological polar surface area (TPSA) is 30.8 Å². The first-order valence-electron chi connectivity index (χ1n) is 8.99. The summed E-state index contributed by atoms with van der Waals surface area (Å²) < 4.78 is 26.0. The molecule has 0 spiro atoms. The van der Waals surface area contributed by atoms with Crippen molar-refractivity contribution in [3.63, 3.8) is 0 Å². The summed E-state index contributed by atoms with van der Waals surface area (Å²) in [6.45, 7) is 4.76. The van der Waals surface area contributed by atoms with Crippen LogP contribution in [0.15, 0.2) is 65.7 Å². The Hall–Kier alpha value is -2.41. The number of hydrogen-bond acceptors (Lipinski definition) is 3. The third kappa shape index (κ3) is 5.55. The van der Waals surface area contributed by atoms with Crippen LogP contribution in [0.3, 0.4) is 0 Å². The molecule has 0 N–H and O–H groups in total. The number of aliphatic imine (C=N–C) groups is 1. The van der Waals surface area contributed by atoms with E-state index in [4.69, 9.17) is 9.47 Å². The second-order valence-electron chi connectivity index (χ2n) is 6.28. The minimum atomic E-state index is -0.275. The van der Waals surface area contributed by atoms with Gasteiger partial charge in [-0.05, 0) is 84.0 Å². The second-order valence-corrected chi connectivity index (χ2v) is 7.44. The minimum Gasteiger partial charge on any atom is -0.490 e. The van der Waals surface area contributed by atoms with Crippen molar-refractivity contribution in [3.05, 3.63) is 86.7 Å². The molecule has 0 amide bonds. The maximum atomic E-state index is 13.4. The quantitative estimate of drug-likeness (QED) is 0.282. The van der Waals surface area contributed by atoms with E-state index < -0.39 is 0 Å². The molecule has 28 heavy (non-hydrogen) atoms. The van der Waals surface area contributed by atoms with Crippen LogP contribution in [0.2, 0.25) is 0 Å². The number of rotatable bonds is 7. The van der Waals surface area contributed by atoms with Gasteiger partial charge in [-0.2, -0.15) is 0 Å².